The minimum Gasteiger partial charge on any atom is -0.391 e. The number of aromatic nitrogens is 1. The van der Waals surface area contributed by atoms with Gasteiger partial charge in [-0.3, -0.25) is 4.79 Å². The first-order chi connectivity index (χ1) is 15.5. The lowest BCUT2D eigenvalue weighted by atomic mass is 9.91. The van der Waals surface area contributed by atoms with Gasteiger partial charge in [0, 0.05) is 24.6 Å². The number of nitrogens with zero attached hydrogens (tertiary/aromatic N) is 3. The van der Waals surface area contributed by atoms with E-state index in [9.17, 15) is 23.1 Å². The monoisotopic (exact) mass is 466 g/mol. The molecule has 0 aliphatic carbocycles. The average Bonchev–Trinajstić information content (AvgIpc) is 3.46. The molecule has 2 aliphatic rings. The van der Waals surface area contributed by atoms with Gasteiger partial charge in [0.05, 0.1) is 17.8 Å². The number of amides is 1. The number of benzene rings is 1. The number of nitrogens with one attached hydrogen (secondary N) is 1. The van der Waals surface area contributed by atoms with Crippen LogP contribution in [-0.2, 0) is 15.4 Å². The van der Waals surface area contributed by atoms with E-state index in [2.05, 4.69) is 15.6 Å². The largest absolute Gasteiger partial charge is 0.445 e. The summed E-state index contributed by atoms with van der Waals surface area (Å²) in [5.41, 5.74) is -0.246. The number of alkyl halides is 3. The normalized spacial score (nSPS) is 26.4. The molecular weight excluding hydrogens is 441 g/mol. The lowest BCUT2D eigenvalue weighted by Crippen LogP contribution is -2.47. The summed E-state index contributed by atoms with van der Waals surface area (Å²) in [5, 5.41) is 14.1. The molecule has 8 nitrogen and oxygen atoms in total. The van der Waals surface area contributed by atoms with Gasteiger partial charge in [-0.25, -0.2) is 15.3 Å². The number of hydrogen-bond acceptors (Lipinski definition) is 7. The molecule has 2 N–H and O–H groups in total. The third-order valence-electron chi connectivity index (χ3n) is 5.89. The van der Waals surface area contributed by atoms with E-state index in [-0.39, 0.29) is 30.3 Å². The maximum Gasteiger partial charge on any atom is 0.445 e. The number of carbonyl (C=O) groups excluding carboxylic acids is 1. The van der Waals surface area contributed by atoms with Crippen molar-refractivity contribution in [3.05, 3.63) is 53.4 Å². The number of amidine groups is 1. The van der Waals surface area contributed by atoms with Gasteiger partial charge in [0.2, 0.25) is 5.91 Å². The number of likely N-dealkylation sites (tertiary alicyclic amines) is 1. The van der Waals surface area contributed by atoms with Crippen molar-refractivity contribution in [1.29, 1.82) is 0 Å². The van der Waals surface area contributed by atoms with Gasteiger partial charge in [-0.2, -0.15) is 13.2 Å². The molecule has 0 unspecified atom stereocenters. The number of aryl methyl sites for hydroxylation is 1. The van der Waals surface area contributed by atoms with Gasteiger partial charge in [-0.05, 0) is 12.8 Å². The van der Waals surface area contributed by atoms with Crippen LogP contribution in [0.1, 0.15) is 43.2 Å². The Morgan fingerprint density at radius 1 is 1.30 bits per heavy atom. The maximum absolute atomic E-state index is 14.1. The van der Waals surface area contributed by atoms with Crippen LogP contribution in [0.3, 0.4) is 0 Å². The van der Waals surface area contributed by atoms with Crippen molar-refractivity contribution < 1.29 is 32.4 Å². The Morgan fingerprint density at radius 2 is 2.00 bits per heavy atom. The second-order valence-corrected chi connectivity index (χ2v) is 8.70. The van der Waals surface area contributed by atoms with Crippen LogP contribution >= 0.6 is 0 Å². The zero-order valence-corrected chi connectivity index (χ0v) is 18.3. The van der Waals surface area contributed by atoms with Crippen molar-refractivity contribution in [2.75, 3.05) is 6.54 Å². The molecule has 0 radical (unpaired) electrons. The molecule has 11 heteroatoms. The quantitative estimate of drug-likeness (QED) is 0.703. The number of aliphatic hydroxyl groups excluding tert-OH is 1. The molecule has 0 spiro atoms. The Morgan fingerprint density at radius 3 is 2.58 bits per heavy atom. The molecule has 2 aromatic rings. The molecule has 1 saturated heterocycles. The van der Waals surface area contributed by atoms with E-state index < -0.39 is 35.9 Å². The van der Waals surface area contributed by atoms with Crippen LogP contribution in [0.15, 0.2) is 45.9 Å². The van der Waals surface area contributed by atoms with E-state index >= 15 is 0 Å². The van der Waals surface area contributed by atoms with Crippen LogP contribution < -0.4 is 5.48 Å². The zero-order chi connectivity index (χ0) is 24.0. The van der Waals surface area contributed by atoms with Gasteiger partial charge in [0.15, 0.2) is 0 Å². The van der Waals surface area contributed by atoms with Crippen LogP contribution in [0.25, 0.3) is 0 Å². The molecule has 178 valence electrons. The van der Waals surface area contributed by atoms with Crippen molar-refractivity contribution >= 4 is 11.7 Å². The Labute approximate surface area is 188 Å². The Bertz CT molecular complexity index is 1040. The van der Waals surface area contributed by atoms with Crippen LogP contribution in [0.5, 0.6) is 0 Å². The minimum atomic E-state index is -4.87. The van der Waals surface area contributed by atoms with E-state index in [0.717, 1.165) is 0 Å². The second kappa shape index (κ2) is 8.45. The summed E-state index contributed by atoms with van der Waals surface area (Å²) < 4.78 is 47.7. The number of hydroxylamine groups is 1. The molecule has 3 heterocycles. The van der Waals surface area contributed by atoms with Crippen LogP contribution in [0.4, 0.5) is 13.2 Å². The molecular formula is C22H25F3N4O4. The standard InChI is InChI=1S/C22H25F3N4O4/c1-12(2)18(17-9-13(3)27-32-17)20(31)29-11-15(30)10-16(29)19-26-21(33-28-19,22(23,24)25)14-7-5-4-6-8-14/h4-9,12,15-16,18,30H,10-11H2,1-3H3,(H,26,28)/t15-,16+,18+,21-/m1/s1. The van der Waals surface area contributed by atoms with Crippen LogP contribution in [0, 0.1) is 12.8 Å². The number of aliphatic hydroxyl groups is 1. The molecule has 4 rings (SSSR count). The molecule has 1 amide bonds. The molecule has 1 aromatic heterocycles. The zero-order valence-electron chi connectivity index (χ0n) is 18.3. The lowest BCUT2D eigenvalue weighted by molar-refractivity contribution is -0.285. The summed E-state index contributed by atoms with van der Waals surface area (Å²) in [6.07, 6.45) is -5.78. The van der Waals surface area contributed by atoms with Crippen molar-refractivity contribution in [1.82, 2.24) is 15.5 Å². The SMILES string of the molecule is Cc1cc([C@@H](C(=O)N2C[C@H](O)C[C@H]2C2=N[C@@](c3ccccc3)(C(F)(F)F)ON2)C(C)C)on1. The summed E-state index contributed by atoms with van der Waals surface area (Å²) in [6, 6.07) is 7.78. The van der Waals surface area contributed by atoms with Gasteiger partial charge in [-0.15, -0.1) is 0 Å². The van der Waals surface area contributed by atoms with E-state index in [1.165, 1.54) is 29.2 Å². The number of rotatable bonds is 5. The molecule has 1 aromatic carbocycles. The number of aliphatic imine (C=N–C) groups is 1. The van der Waals surface area contributed by atoms with E-state index in [4.69, 9.17) is 9.36 Å². The highest BCUT2D eigenvalue weighted by Crippen LogP contribution is 2.45. The molecule has 0 bridgehead atoms. The third-order valence-corrected chi connectivity index (χ3v) is 5.89. The predicted octanol–water partition coefficient (Wildman–Crippen LogP) is 3.03. The van der Waals surface area contributed by atoms with Gasteiger partial charge >= 0.3 is 11.9 Å². The van der Waals surface area contributed by atoms with Crippen molar-refractivity contribution in [2.24, 2.45) is 10.9 Å². The summed E-state index contributed by atoms with van der Waals surface area (Å²) in [6.45, 7) is 5.35. The highest BCUT2D eigenvalue weighted by molar-refractivity contribution is 5.94. The first-order valence-corrected chi connectivity index (χ1v) is 10.6. The lowest BCUT2D eigenvalue weighted by Gasteiger charge is -2.29. The van der Waals surface area contributed by atoms with Crippen LogP contribution in [0.2, 0.25) is 0 Å². The van der Waals surface area contributed by atoms with Crippen LogP contribution in [-0.4, -0.2) is 51.8 Å². The highest BCUT2D eigenvalue weighted by Gasteiger charge is 2.62. The van der Waals surface area contributed by atoms with Crippen molar-refractivity contribution in [3.8, 4) is 0 Å². The number of carbonyl (C=O) groups is 1. The number of hydrogen-bond donors (Lipinski definition) is 2. The fraction of sp³-hybridized carbons (Fsp3) is 0.500. The predicted molar refractivity (Wildman–Crippen MR) is 111 cm³/mol. The molecule has 4 atom stereocenters. The van der Waals surface area contributed by atoms with E-state index in [0.29, 0.717) is 11.5 Å². The first kappa shape index (κ1) is 23.2. The fourth-order valence-electron chi connectivity index (χ4n) is 4.32. The smallest absolute Gasteiger partial charge is 0.391 e. The van der Waals surface area contributed by atoms with Gasteiger partial charge < -0.3 is 14.5 Å². The minimum absolute atomic E-state index is 0.0178. The number of β-amino-alcohol motifs (C(OH)–C–C–N with tert-alkyl or cyclic N) is 1. The molecule has 2 aliphatic heterocycles. The Balaban J connectivity index is 1.70. The topological polar surface area (TPSA) is 100 Å². The maximum atomic E-state index is 14.1. The van der Waals surface area contributed by atoms with Crippen molar-refractivity contribution in [3.63, 3.8) is 0 Å². The van der Waals surface area contributed by atoms with Crippen molar-refractivity contribution in [2.45, 2.75) is 57.2 Å². The second-order valence-electron chi connectivity index (χ2n) is 8.70. The molecule has 33 heavy (non-hydrogen) atoms. The summed E-state index contributed by atoms with van der Waals surface area (Å²) in [5.74, 6) is -1.10. The van der Waals surface area contributed by atoms with Gasteiger partial charge in [-0.1, -0.05) is 49.3 Å². The van der Waals surface area contributed by atoms with E-state index in [1.54, 1.807) is 19.1 Å². The van der Waals surface area contributed by atoms with Gasteiger partial charge in [0.1, 0.15) is 17.5 Å². The number of halogens is 3. The summed E-state index contributed by atoms with van der Waals surface area (Å²) >= 11 is 0. The molecule has 1 fully saturated rings. The third kappa shape index (κ3) is 4.10. The van der Waals surface area contributed by atoms with E-state index in [1.807, 2.05) is 13.8 Å². The highest BCUT2D eigenvalue weighted by atomic mass is 19.4. The Kier molecular flexibility index (Phi) is 5.95. The summed E-state index contributed by atoms with van der Waals surface area (Å²) in [4.78, 5) is 23.8. The van der Waals surface area contributed by atoms with Gasteiger partial charge in [0.25, 0.3) is 0 Å². The average molecular weight is 466 g/mol. The summed E-state index contributed by atoms with van der Waals surface area (Å²) in [7, 11) is 0. The fourth-order valence-corrected chi connectivity index (χ4v) is 4.32. The molecule has 0 saturated carbocycles. The first-order valence-electron chi connectivity index (χ1n) is 10.6. The Hall–Kier alpha value is -2.92.